The van der Waals surface area contributed by atoms with Crippen LogP contribution in [0.1, 0.15) is 48.1 Å². The van der Waals surface area contributed by atoms with Gasteiger partial charge in [0.1, 0.15) is 22.7 Å². The number of H-pyrrole nitrogens is 1. The van der Waals surface area contributed by atoms with Crippen LogP contribution in [0.2, 0.25) is 0 Å². The summed E-state index contributed by atoms with van der Waals surface area (Å²) in [6, 6.07) is 11.7. The van der Waals surface area contributed by atoms with Crippen molar-refractivity contribution in [2.45, 2.75) is 53.7 Å². The lowest BCUT2D eigenvalue weighted by Crippen LogP contribution is -2.26. The molecule has 0 fully saturated rings. The number of nitrogens with one attached hydrogen (secondary N) is 2. The monoisotopic (exact) mass is 541 g/mol. The summed E-state index contributed by atoms with van der Waals surface area (Å²) < 4.78 is 9.95. The van der Waals surface area contributed by atoms with Crippen LogP contribution in [0.5, 0.6) is 11.5 Å². The Morgan fingerprint density at radius 1 is 1.10 bits per heavy atom. The average molecular weight is 542 g/mol. The predicted octanol–water partition coefficient (Wildman–Crippen LogP) is 5.12. The van der Waals surface area contributed by atoms with Crippen LogP contribution < -0.4 is 15.6 Å². The zero-order valence-electron chi connectivity index (χ0n) is 24.0. The van der Waals surface area contributed by atoms with Gasteiger partial charge in [-0.1, -0.05) is 18.2 Å². The first kappa shape index (κ1) is 27.2. The SMILES string of the molecule is CCNC(=O)c1cc2c(-c3cc4c(cc3Oc3c(C)cccc3C)c(C)nn4CC(C)(C)O)cn(C)c(=O)c2[nH]1. The van der Waals surface area contributed by atoms with E-state index in [1.165, 1.54) is 4.57 Å². The zero-order valence-corrected chi connectivity index (χ0v) is 24.0. The van der Waals surface area contributed by atoms with Crippen LogP contribution in [0, 0.1) is 20.8 Å². The van der Waals surface area contributed by atoms with Crippen LogP contribution in [0.25, 0.3) is 32.9 Å². The third kappa shape index (κ3) is 4.88. The number of benzene rings is 2. The summed E-state index contributed by atoms with van der Waals surface area (Å²) in [4.78, 5) is 28.8. The average Bonchev–Trinajstić information content (AvgIpc) is 3.44. The molecule has 2 aromatic carbocycles. The normalized spacial score (nSPS) is 11.9. The van der Waals surface area contributed by atoms with Crippen LogP contribution in [-0.4, -0.2) is 42.5 Å². The van der Waals surface area contributed by atoms with Crippen LogP contribution in [-0.2, 0) is 13.6 Å². The van der Waals surface area contributed by atoms with Crippen molar-refractivity contribution in [1.82, 2.24) is 24.6 Å². The minimum Gasteiger partial charge on any atom is -0.456 e. The summed E-state index contributed by atoms with van der Waals surface area (Å²) in [6.45, 7) is 12.0. The van der Waals surface area contributed by atoms with Gasteiger partial charge in [0.05, 0.1) is 23.4 Å². The smallest absolute Gasteiger partial charge is 0.274 e. The summed E-state index contributed by atoms with van der Waals surface area (Å²) >= 11 is 0. The maximum Gasteiger partial charge on any atom is 0.274 e. The highest BCUT2D eigenvalue weighted by Crippen LogP contribution is 2.41. The van der Waals surface area contributed by atoms with Crippen LogP contribution in [0.3, 0.4) is 0 Å². The van der Waals surface area contributed by atoms with Gasteiger partial charge in [0.25, 0.3) is 11.5 Å². The van der Waals surface area contributed by atoms with E-state index in [2.05, 4.69) is 10.3 Å². The van der Waals surface area contributed by atoms with Crippen LogP contribution in [0.15, 0.2) is 47.4 Å². The fourth-order valence-corrected chi connectivity index (χ4v) is 5.14. The summed E-state index contributed by atoms with van der Waals surface area (Å²) in [5, 5.41) is 19.6. The number of aliphatic hydroxyl groups is 1. The Bertz CT molecular complexity index is 1810. The molecule has 1 amide bonds. The van der Waals surface area contributed by atoms with Gasteiger partial charge in [-0.15, -0.1) is 0 Å². The van der Waals surface area contributed by atoms with Crippen molar-refractivity contribution in [3.05, 3.63) is 75.5 Å². The largest absolute Gasteiger partial charge is 0.456 e. The first-order valence-electron chi connectivity index (χ1n) is 13.4. The Balaban J connectivity index is 1.83. The van der Waals surface area contributed by atoms with E-state index in [-0.39, 0.29) is 11.5 Å². The Labute approximate surface area is 232 Å². The number of rotatable bonds is 7. The second kappa shape index (κ2) is 9.98. The molecule has 0 spiro atoms. The quantitative estimate of drug-likeness (QED) is 0.265. The molecule has 3 heterocycles. The molecule has 0 bridgehead atoms. The van der Waals surface area contributed by atoms with Gasteiger partial charge in [-0.05, 0) is 70.9 Å². The molecule has 0 atom stereocenters. The Kier molecular flexibility index (Phi) is 6.79. The summed E-state index contributed by atoms with van der Waals surface area (Å²) in [6.07, 6.45) is 1.77. The number of aromatic amines is 1. The molecule has 0 aliphatic rings. The second-order valence-corrected chi connectivity index (χ2v) is 11.0. The predicted molar refractivity (Wildman–Crippen MR) is 157 cm³/mol. The number of pyridine rings is 1. The number of nitrogens with zero attached hydrogens (tertiary/aromatic N) is 3. The Morgan fingerprint density at radius 2 is 1.80 bits per heavy atom. The second-order valence-electron chi connectivity index (χ2n) is 11.0. The number of para-hydroxylation sites is 1. The number of amides is 1. The van der Waals surface area contributed by atoms with E-state index in [0.29, 0.717) is 35.4 Å². The van der Waals surface area contributed by atoms with Gasteiger partial charge in [0, 0.05) is 41.7 Å². The third-order valence-electron chi connectivity index (χ3n) is 7.03. The summed E-state index contributed by atoms with van der Waals surface area (Å²) in [5.74, 6) is 1.06. The number of aromatic nitrogens is 4. The molecule has 5 aromatic rings. The Hall–Kier alpha value is -4.37. The molecule has 208 valence electrons. The molecule has 5 rings (SSSR count). The molecule has 3 aromatic heterocycles. The van der Waals surface area contributed by atoms with E-state index in [1.807, 2.05) is 58.0 Å². The van der Waals surface area contributed by atoms with Crippen molar-refractivity contribution in [1.29, 1.82) is 0 Å². The maximum atomic E-state index is 13.1. The fraction of sp³-hybridized carbons (Fsp3) is 0.323. The zero-order chi connectivity index (χ0) is 28.9. The molecule has 0 saturated carbocycles. The number of carbonyl (C=O) groups excluding carboxylic acids is 1. The van der Waals surface area contributed by atoms with E-state index in [9.17, 15) is 14.7 Å². The van der Waals surface area contributed by atoms with E-state index < -0.39 is 5.60 Å². The van der Waals surface area contributed by atoms with E-state index in [4.69, 9.17) is 9.84 Å². The fourth-order valence-electron chi connectivity index (χ4n) is 5.14. The number of carbonyl (C=O) groups is 1. The molecule has 9 nitrogen and oxygen atoms in total. The molecule has 9 heteroatoms. The molecule has 40 heavy (non-hydrogen) atoms. The van der Waals surface area contributed by atoms with E-state index in [0.717, 1.165) is 44.6 Å². The summed E-state index contributed by atoms with van der Waals surface area (Å²) in [7, 11) is 1.69. The Morgan fingerprint density at radius 3 is 2.45 bits per heavy atom. The topological polar surface area (TPSA) is 114 Å². The number of fused-ring (bicyclic) bond motifs is 2. The van der Waals surface area contributed by atoms with Crippen molar-refractivity contribution in [3.63, 3.8) is 0 Å². The van der Waals surface area contributed by atoms with Crippen LogP contribution in [0.4, 0.5) is 0 Å². The van der Waals surface area contributed by atoms with Crippen molar-refractivity contribution in [2.75, 3.05) is 6.54 Å². The standard InChI is InChI=1S/C31H35N5O4/c1-8-32-29(37)24-12-22-23(15-35(7)30(38)27(22)33-24)21-13-25-20(19(4)34-36(25)16-31(5,6)39)14-26(21)40-28-17(2)10-9-11-18(28)3/h9-15,33,39H,8,16H2,1-7H3,(H,32,37). The van der Waals surface area contributed by atoms with Gasteiger partial charge in [-0.3, -0.25) is 14.3 Å². The first-order valence-corrected chi connectivity index (χ1v) is 13.4. The molecule has 0 aliphatic heterocycles. The lowest BCUT2D eigenvalue weighted by molar-refractivity contribution is 0.0590. The van der Waals surface area contributed by atoms with Gasteiger partial charge in [0.15, 0.2) is 0 Å². The van der Waals surface area contributed by atoms with Gasteiger partial charge in [-0.2, -0.15) is 5.10 Å². The minimum absolute atomic E-state index is 0.240. The number of hydrogen-bond acceptors (Lipinski definition) is 5. The van der Waals surface area contributed by atoms with Gasteiger partial charge < -0.3 is 24.7 Å². The van der Waals surface area contributed by atoms with E-state index in [1.54, 1.807) is 37.8 Å². The van der Waals surface area contributed by atoms with Crippen molar-refractivity contribution in [2.24, 2.45) is 7.05 Å². The van der Waals surface area contributed by atoms with Gasteiger partial charge in [-0.25, -0.2) is 0 Å². The van der Waals surface area contributed by atoms with Gasteiger partial charge >= 0.3 is 0 Å². The highest BCUT2D eigenvalue weighted by molar-refractivity contribution is 6.04. The molecule has 0 radical (unpaired) electrons. The van der Waals surface area contributed by atoms with E-state index >= 15 is 0 Å². The molecule has 3 N–H and O–H groups in total. The molecule has 0 saturated heterocycles. The van der Waals surface area contributed by atoms with Crippen molar-refractivity contribution in [3.8, 4) is 22.6 Å². The van der Waals surface area contributed by atoms with Gasteiger partial charge in [0.2, 0.25) is 0 Å². The highest BCUT2D eigenvalue weighted by Gasteiger charge is 2.23. The van der Waals surface area contributed by atoms with Crippen molar-refractivity contribution < 1.29 is 14.6 Å². The van der Waals surface area contributed by atoms with Crippen molar-refractivity contribution >= 4 is 27.7 Å². The molecular weight excluding hydrogens is 506 g/mol. The van der Waals surface area contributed by atoms with Crippen LogP contribution >= 0.6 is 0 Å². The summed E-state index contributed by atoms with van der Waals surface area (Å²) in [5.41, 5.74) is 4.49. The minimum atomic E-state index is -0.981. The highest BCUT2D eigenvalue weighted by atomic mass is 16.5. The number of ether oxygens (including phenoxy) is 1. The number of aryl methyl sites for hydroxylation is 4. The lowest BCUT2D eigenvalue weighted by Gasteiger charge is -2.19. The first-order chi connectivity index (χ1) is 18.9. The lowest BCUT2D eigenvalue weighted by atomic mass is 10.00. The molecule has 0 unspecified atom stereocenters. The molecule has 0 aliphatic carbocycles. The third-order valence-corrected chi connectivity index (χ3v) is 7.03. The number of hydrogen-bond donors (Lipinski definition) is 3. The maximum absolute atomic E-state index is 13.1. The molecular formula is C31H35N5O4.